The number of nitrogens with two attached hydrogens (primary N) is 1. The summed E-state index contributed by atoms with van der Waals surface area (Å²) in [5.41, 5.74) is 6.85. The SMILES string of the molecule is NC(=O)c1[nH]c2c(Cl)cccc2c1-c1ccccc1F. The lowest BCUT2D eigenvalue weighted by molar-refractivity contribution is 0.0997. The summed E-state index contributed by atoms with van der Waals surface area (Å²) in [6.45, 7) is 0. The van der Waals surface area contributed by atoms with Gasteiger partial charge in [-0.2, -0.15) is 0 Å². The minimum absolute atomic E-state index is 0.151. The molecule has 0 radical (unpaired) electrons. The minimum Gasteiger partial charge on any atom is -0.364 e. The van der Waals surface area contributed by atoms with Gasteiger partial charge in [-0.15, -0.1) is 0 Å². The molecule has 0 saturated carbocycles. The van der Waals surface area contributed by atoms with Gasteiger partial charge >= 0.3 is 0 Å². The zero-order chi connectivity index (χ0) is 14.3. The summed E-state index contributed by atoms with van der Waals surface area (Å²) in [6, 6.07) is 11.4. The molecular formula is C15H10ClFN2O. The first-order chi connectivity index (χ1) is 9.59. The maximum absolute atomic E-state index is 14.0. The molecule has 0 aliphatic rings. The lowest BCUT2D eigenvalue weighted by Crippen LogP contribution is -2.12. The van der Waals surface area contributed by atoms with Crippen LogP contribution in [0.15, 0.2) is 42.5 Å². The van der Waals surface area contributed by atoms with Crippen molar-refractivity contribution in [2.75, 3.05) is 0 Å². The van der Waals surface area contributed by atoms with E-state index in [-0.39, 0.29) is 5.69 Å². The fraction of sp³-hybridized carbons (Fsp3) is 0. The van der Waals surface area contributed by atoms with Gasteiger partial charge in [0.05, 0.1) is 10.5 Å². The topological polar surface area (TPSA) is 58.9 Å². The van der Waals surface area contributed by atoms with E-state index in [1.807, 2.05) is 0 Å². The van der Waals surface area contributed by atoms with Crippen LogP contribution in [0.1, 0.15) is 10.5 Å². The molecule has 0 atom stereocenters. The van der Waals surface area contributed by atoms with Gasteiger partial charge in [-0.05, 0) is 12.1 Å². The van der Waals surface area contributed by atoms with Crippen molar-refractivity contribution in [3.8, 4) is 11.1 Å². The van der Waals surface area contributed by atoms with Crippen molar-refractivity contribution in [3.63, 3.8) is 0 Å². The number of carbonyl (C=O) groups is 1. The third-order valence-electron chi connectivity index (χ3n) is 3.17. The van der Waals surface area contributed by atoms with E-state index in [1.165, 1.54) is 6.07 Å². The number of nitrogens with one attached hydrogen (secondary N) is 1. The van der Waals surface area contributed by atoms with Gasteiger partial charge in [-0.1, -0.05) is 41.9 Å². The summed E-state index contributed by atoms with van der Waals surface area (Å²) in [5.74, 6) is -1.08. The number of H-pyrrole nitrogens is 1. The van der Waals surface area contributed by atoms with E-state index in [1.54, 1.807) is 36.4 Å². The Labute approximate surface area is 119 Å². The van der Waals surface area contributed by atoms with Crippen LogP contribution in [0.3, 0.4) is 0 Å². The van der Waals surface area contributed by atoms with Crippen LogP contribution in [0, 0.1) is 5.82 Å². The molecular weight excluding hydrogens is 279 g/mol. The van der Waals surface area contributed by atoms with Crippen LogP contribution < -0.4 is 5.73 Å². The summed E-state index contributed by atoms with van der Waals surface area (Å²) in [6.07, 6.45) is 0. The van der Waals surface area contributed by atoms with E-state index in [0.29, 0.717) is 27.1 Å². The van der Waals surface area contributed by atoms with E-state index >= 15 is 0 Å². The second-order valence-electron chi connectivity index (χ2n) is 4.38. The number of para-hydroxylation sites is 1. The molecule has 0 aliphatic carbocycles. The van der Waals surface area contributed by atoms with Gasteiger partial charge in [0.1, 0.15) is 11.5 Å². The number of primary amides is 1. The number of aromatic amines is 1. The summed E-state index contributed by atoms with van der Waals surface area (Å²) >= 11 is 6.10. The van der Waals surface area contributed by atoms with Crippen LogP contribution in [0.5, 0.6) is 0 Å². The smallest absolute Gasteiger partial charge is 0.265 e. The molecule has 0 spiro atoms. The number of aromatic nitrogens is 1. The fourth-order valence-corrected chi connectivity index (χ4v) is 2.53. The highest BCUT2D eigenvalue weighted by molar-refractivity contribution is 6.35. The van der Waals surface area contributed by atoms with Crippen molar-refractivity contribution < 1.29 is 9.18 Å². The van der Waals surface area contributed by atoms with E-state index in [0.717, 1.165) is 0 Å². The number of fused-ring (bicyclic) bond motifs is 1. The maximum Gasteiger partial charge on any atom is 0.265 e. The Balaban J connectivity index is 2.45. The van der Waals surface area contributed by atoms with E-state index in [4.69, 9.17) is 17.3 Å². The van der Waals surface area contributed by atoms with Gasteiger partial charge in [-0.25, -0.2) is 4.39 Å². The van der Waals surface area contributed by atoms with Crippen molar-refractivity contribution in [2.45, 2.75) is 0 Å². The summed E-state index contributed by atoms with van der Waals surface area (Å²) in [7, 11) is 0. The molecule has 0 unspecified atom stereocenters. The monoisotopic (exact) mass is 288 g/mol. The molecule has 3 N–H and O–H groups in total. The molecule has 0 fully saturated rings. The molecule has 100 valence electrons. The third-order valence-corrected chi connectivity index (χ3v) is 3.49. The largest absolute Gasteiger partial charge is 0.364 e. The van der Waals surface area contributed by atoms with Gasteiger partial charge in [-0.3, -0.25) is 4.79 Å². The molecule has 1 amide bonds. The van der Waals surface area contributed by atoms with E-state index in [2.05, 4.69) is 4.98 Å². The van der Waals surface area contributed by atoms with Crippen molar-refractivity contribution in [3.05, 3.63) is 59.0 Å². The van der Waals surface area contributed by atoms with Crippen molar-refractivity contribution in [2.24, 2.45) is 5.73 Å². The Morgan fingerprint density at radius 1 is 1.15 bits per heavy atom. The average Bonchev–Trinajstić information content (AvgIpc) is 2.80. The zero-order valence-corrected chi connectivity index (χ0v) is 11.0. The Morgan fingerprint density at radius 3 is 2.60 bits per heavy atom. The predicted molar refractivity (Wildman–Crippen MR) is 77.2 cm³/mol. The van der Waals surface area contributed by atoms with Crippen LogP contribution >= 0.6 is 11.6 Å². The number of halogens is 2. The molecule has 0 aliphatic heterocycles. The fourth-order valence-electron chi connectivity index (χ4n) is 2.31. The Bertz CT molecular complexity index is 826. The Morgan fingerprint density at radius 2 is 1.90 bits per heavy atom. The van der Waals surface area contributed by atoms with Crippen LogP contribution in [0.4, 0.5) is 4.39 Å². The molecule has 0 bridgehead atoms. The highest BCUT2D eigenvalue weighted by atomic mass is 35.5. The molecule has 1 aromatic heterocycles. The van der Waals surface area contributed by atoms with Crippen molar-refractivity contribution >= 4 is 28.4 Å². The van der Waals surface area contributed by atoms with Crippen LogP contribution in [0.2, 0.25) is 5.02 Å². The molecule has 2 aromatic carbocycles. The van der Waals surface area contributed by atoms with Gasteiger partial charge in [0, 0.05) is 16.5 Å². The number of amides is 1. The van der Waals surface area contributed by atoms with Gasteiger partial charge in [0.25, 0.3) is 5.91 Å². The Hall–Kier alpha value is -2.33. The third kappa shape index (κ3) is 1.85. The molecule has 3 rings (SSSR count). The molecule has 1 heterocycles. The first kappa shape index (κ1) is 12.7. The van der Waals surface area contributed by atoms with Gasteiger partial charge < -0.3 is 10.7 Å². The molecule has 3 nitrogen and oxygen atoms in total. The predicted octanol–water partition coefficient (Wildman–Crippen LogP) is 3.73. The van der Waals surface area contributed by atoms with Crippen LogP contribution in [0.25, 0.3) is 22.0 Å². The maximum atomic E-state index is 14.0. The van der Waals surface area contributed by atoms with Crippen LogP contribution in [-0.4, -0.2) is 10.9 Å². The minimum atomic E-state index is -0.657. The normalized spacial score (nSPS) is 10.9. The summed E-state index contributed by atoms with van der Waals surface area (Å²) < 4.78 is 14.0. The van der Waals surface area contributed by atoms with Crippen LogP contribution in [-0.2, 0) is 0 Å². The number of hydrogen-bond acceptors (Lipinski definition) is 1. The number of carbonyl (C=O) groups excluding carboxylic acids is 1. The lowest BCUT2D eigenvalue weighted by Gasteiger charge is -2.04. The zero-order valence-electron chi connectivity index (χ0n) is 10.3. The molecule has 3 aromatic rings. The van der Waals surface area contributed by atoms with Crippen molar-refractivity contribution in [1.29, 1.82) is 0 Å². The van der Waals surface area contributed by atoms with Gasteiger partial charge in [0.2, 0.25) is 0 Å². The average molecular weight is 289 g/mol. The molecule has 0 saturated heterocycles. The number of benzene rings is 2. The van der Waals surface area contributed by atoms with Gasteiger partial charge in [0.15, 0.2) is 0 Å². The second-order valence-corrected chi connectivity index (χ2v) is 4.79. The van der Waals surface area contributed by atoms with E-state index in [9.17, 15) is 9.18 Å². The standard InChI is InChI=1S/C15H10ClFN2O/c16-10-6-3-5-9-12(8-4-1-2-7-11(8)17)14(15(18)20)19-13(9)10/h1-7,19H,(H2,18,20). The summed E-state index contributed by atoms with van der Waals surface area (Å²) in [4.78, 5) is 14.5. The Kier molecular flexibility index (Phi) is 2.95. The number of hydrogen-bond donors (Lipinski definition) is 2. The number of rotatable bonds is 2. The molecule has 20 heavy (non-hydrogen) atoms. The quantitative estimate of drug-likeness (QED) is 0.742. The first-order valence-electron chi connectivity index (χ1n) is 5.94. The summed E-state index contributed by atoms with van der Waals surface area (Å²) in [5, 5.41) is 1.11. The highest BCUT2D eigenvalue weighted by Gasteiger charge is 2.20. The lowest BCUT2D eigenvalue weighted by atomic mass is 10.0. The first-order valence-corrected chi connectivity index (χ1v) is 6.32. The molecule has 5 heteroatoms. The van der Waals surface area contributed by atoms with Crippen molar-refractivity contribution in [1.82, 2.24) is 4.98 Å². The van der Waals surface area contributed by atoms with E-state index < -0.39 is 11.7 Å². The second kappa shape index (κ2) is 4.65. The highest BCUT2D eigenvalue weighted by Crippen LogP contribution is 2.36.